The molecular weight excluding hydrogens is 456 g/mol. The molecule has 0 N–H and O–H groups in total. The van der Waals surface area contributed by atoms with Gasteiger partial charge in [-0.25, -0.2) is 8.42 Å². The molecule has 1 aromatic carbocycles. The maximum Gasteiger partial charge on any atom is 0.192 e. The van der Waals surface area contributed by atoms with Crippen molar-refractivity contribution in [1.82, 2.24) is 0 Å². The predicted octanol–water partition coefficient (Wildman–Crippen LogP) is 5.70. The van der Waals surface area contributed by atoms with E-state index in [-0.39, 0.29) is 39.7 Å². The van der Waals surface area contributed by atoms with E-state index in [1.807, 2.05) is 6.92 Å². The molecule has 0 aliphatic carbocycles. The largest absolute Gasteiger partial charge is 0.493 e. The van der Waals surface area contributed by atoms with Crippen LogP contribution in [0, 0.1) is 0 Å². The predicted molar refractivity (Wildman–Crippen MR) is 127 cm³/mol. The third kappa shape index (κ3) is 6.60. The normalized spacial score (nSPS) is 20.1. The van der Waals surface area contributed by atoms with Gasteiger partial charge in [-0.3, -0.25) is 0 Å². The average Bonchev–Trinajstić information content (AvgIpc) is 3.10. The highest BCUT2D eigenvalue weighted by Crippen LogP contribution is 2.42. The second-order valence-electron chi connectivity index (χ2n) is 9.44. The fourth-order valence-corrected chi connectivity index (χ4v) is 5.81. The topological polar surface area (TPSA) is 71.1 Å². The van der Waals surface area contributed by atoms with Gasteiger partial charge in [-0.05, 0) is 55.1 Å². The minimum Gasteiger partial charge on any atom is -0.493 e. The Morgan fingerprint density at radius 1 is 1.19 bits per heavy atom. The van der Waals surface area contributed by atoms with Gasteiger partial charge in [0.25, 0.3) is 0 Å². The Hall–Kier alpha value is -0.803. The Morgan fingerprint density at radius 3 is 2.39 bits per heavy atom. The number of halogens is 1. The standard InChI is InChI=1S/C22H37ClO6SSi/c1-8-11-27-21-18(26-5)14-16(17-9-10-20(23)29-17)15-19(21)30(24,25)13-12-28-31(6,7)22(2,3)4/h14-15,17,20H,8-13H2,1-7H3/t17-,20-/m0/s1. The van der Waals surface area contributed by atoms with E-state index in [0.717, 1.165) is 18.4 Å². The van der Waals surface area contributed by atoms with Crippen LogP contribution in [0.1, 0.15) is 58.6 Å². The van der Waals surface area contributed by atoms with Gasteiger partial charge in [0.05, 0.1) is 25.6 Å². The Labute approximate surface area is 193 Å². The summed E-state index contributed by atoms with van der Waals surface area (Å²) in [6, 6.07) is 3.44. The van der Waals surface area contributed by atoms with Crippen LogP contribution in [0.3, 0.4) is 0 Å². The number of benzene rings is 1. The van der Waals surface area contributed by atoms with Crippen molar-refractivity contribution >= 4 is 29.8 Å². The first-order valence-electron chi connectivity index (χ1n) is 10.8. The molecule has 0 spiro atoms. The number of sulfone groups is 1. The zero-order chi connectivity index (χ0) is 23.4. The van der Waals surface area contributed by atoms with E-state index in [2.05, 4.69) is 33.9 Å². The summed E-state index contributed by atoms with van der Waals surface area (Å²) in [6.45, 7) is 13.1. The molecule has 2 rings (SSSR count). The maximum atomic E-state index is 13.4. The Balaban J connectivity index is 2.37. The molecule has 1 fully saturated rings. The van der Waals surface area contributed by atoms with E-state index >= 15 is 0 Å². The molecule has 0 radical (unpaired) electrons. The Morgan fingerprint density at radius 2 is 1.87 bits per heavy atom. The Bertz CT molecular complexity index is 850. The maximum absolute atomic E-state index is 13.4. The second-order valence-corrected chi connectivity index (χ2v) is 16.8. The number of rotatable bonds is 10. The molecule has 0 amide bonds. The minimum absolute atomic E-state index is 0.00715. The SMILES string of the molecule is CCCOc1c(OC)cc([C@@H]2CC[C@@H](Cl)O2)cc1S(=O)(=O)CCO[Si](C)(C)C(C)(C)C. The highest BCUT2D eigenvalue weighted by Gasteiger charge is 2.37. The van der Waals surface area contributed by atoms with Crippen molar-refractivity contribution in [3.63, 3.8) is 0 Å². The van der Waals surface area contributed by atoms with Gasteiger partial charge in [0.1, 0.15) is 10.5 Å². The van der Waals surface area contributed by atoms with Gasteiger partial charge in [-0.2, -0.15) is 0 Å². The monoisotopic (exact) mass is 492 g/mol. The lowest BCUT2D eigenvalue weighted by Gasteiger charge is -2.36. The van der Waals surface area contributed by atoms with Crippen LogP contribution in [0.2, 0.25) is 18.1 Å². The van der Waals surface area contributed by atoms with Crippen LogP contribution in [-0.4, -0.2) is 48.4 Å². The lowest BCUT2D eigenvalue weighted by atomic mass is 10.1. The van der Waals surface area contributed by atoms with Crippen molar-refractivity contribution in [3.05, 3.63) is 17.7 Å². The van der Waals surface area contributed by atoms with Crippen LogP contribution in [0.15, 0.2) is 17.0 Å². The molecule has 6 nitrogen and oxygen atoms in total. The molecule has 1 heterocycles. The molecule has 0 bridgehead atoms. The zero-order valence-electron chi connectivity index (χ0n) is 19.8. The van der Waals surface area contributed by atoms with E-state index in [1.165, 1.54) is 7.11 Å². The van der Waals surface area contributed by atoms with Crippen LogP contribution in [0.25, 0.3) is 0 Å². The molecule has 31 heavy (non-hydrogen) atoms. The molecule has 1 saturated heterocycles. The molecule has 178 valence electrons. The molecule has 1 aliphatic heterocycles. The quantitative estimate of drug-likeness (QED) is 0.308. The van der Waals surface area contributed by atoms with Crippen molar-refractivity contribution in [2.24, 2.45) is 0 Å². The Kier molecular flexibility index (Phi) is 8.89. The molecule has 0 unspecified atom stereocenters. The van der Waals surface area contributed by atoms with Gasteiger partial charge >= 0.3 is 0 Å². The van der Waals surface area contributed by atoms with Crippen LogP contribution in [-0.2, 0) is 19.0 Å². The average molecular weight is 493 g/mol. The lowest BCUT2D eigenvalue weighted by Crippen LogP contribution is -2.41. The van der Waals surface area contributed by atoms with Crippen molar-refractivity contribution in [1.29, 1.82) is 0 Å². The number of alkyl halides is 1. The van der Waals surface area contributed by atoms with Crippen LogP contribution < -0.4 is 9.47 Å². The van der Waals surface area contributed by atoms with Crippen molar-refractivity contribution in [2.45, 2.75) is 81.7 Å². The van der Waals surface area contributed by atoms with Gasteiger partial charge in [-0.15, -0.1) is 0 Å². The summed E-state index contributed by atoms with van der Waals surface area (Å²) >= 11 is 6.10. The fourth-order valence-electron chi connectivity index (χ4n) is 3.09. The molecule has 9 heteroatoms. The smallest absolute Gasteiger partial charge is 0.192 e. The van der Waals surface area contributed by atoms with Crippen LogP contribution in [0.5, 0.6) is 11.5 Å². The van der Waals surface area contributed by atoms with Crippen molar-refractivity contribution in [3.8, 4) is 11.5 Å². The molecule has 1 aliphatic rings. The van der Waals surface area contributed by atoms with E-state index in [1.54, 1.807) is 12.1 Å². The molecule has 2 atom stereocenters. The summed E-state index contributed by atoms with van der Waals surface area (Å²) in [4.78, 5) is 0.121. The number of ether oxygens (including phenoxy) is 3. The summed E-state index contributed by atoms with van der Waals surface area (Å²) in [5.41, 5.74) is 0.359. The van der Waals surface area contributed by atoms with E-state index in [0.29, 0.717) is 18.8 Å². The minimum atomic E-state index is -3.68. The van der Waals surface area contributed by atoms with Gasteiger partial charge < -0.3 is 18.6 Å². The third-order valence-electron chi connectivity index (χ3n) is 6.01. The van der Waals surface area contributed by atoms with Crippen molar-refractivity contribution < 1.29 is 27.1 Å². The summed E-state index contributed by atoms with van der Waals surface area (Å²) in [6.07, 6.45) is 1.92. The fraction of sp³-hybridized carbons (Fsp3) is 0.727. The number of hydrogen-bond acceptors (Lipinski definition) is 6. The van der Waals surface area contributed by atoms with E-state index in [4.69, 9.17) is 30.2 Å². The number of hydrogen-bond donors (Lipinski definition) is 0. The molecule has 0 saturated carbocycles. The molecular formula is C22H37ClO6SSi. The van der Waals surface area contributed by atoms with Crippen LogP contribution in [0.4, 0.5) is 0 Å². The first-order valence-corrected chi connectivity index (χ1v) is 15.8. The summed E-state index contributed by atoms with van der Waals surface area (Å²) < 4.78 is 50.0. The zero-order valence-corrected chi connectivity index (χ0v) is 22.4. The van der Waals surface area contributed by atoms with E-state index in [9.17, 15) is 8.42 Å². The van der Waals surface area contributed by atoms with Gasteiger partial charge in [-0.1, -0.05) is 39.3 Å². The summed E-state index contributed by atoms with van der Waals surface area (Å²) in [7, 11) is -4.23. The summed E-state index contributed by atoms with van der Waals surface area (Å²) in [5.74, 6) is 0.510. The number of methoxy groups -OCH3 is 1. The first kappa shape index (κ1) is 26.4. The third-order valence-corrected chi connectivity index (χ3v) is 12.5. The highest BCUT2D eigenvalue weighted by molar-refractivity contribution is 7.91. The van der Waals surface area contributed by atoms with Gasteiger partial charge in [0.15, 0.2) is 29.7 Å². The molecule has 0 aromatic heterocycles. The lowest BCUT2D eigenvalue weighted by molar-refractivity contribution is 0.0883. The van der Waals surface area contributed by atoms with Gasteiger partial charge in [0.2, 0.25) is 0 Å². The van der Waals surface area contributed by atoms with Gasteiger partial charge in [0, 0.05) is 6.61 Å². The first-order chi connectivity index (χ1) is 14.3. The second kappa shape index (κ2) is 10.4. The molecule has 1 aromatic rings. The van der Waals surface area contributed by atoms with Crippen LogP contribution >= 0.6 is 11.6 Å². The highest BCUT2D eigenvalue weighted by atomic mass is 35.5. The van der Waals surface area contributed by atoms with E-state index < -0.39 is 18.2 Å². The van der Waals surface area contributed by atoms with Crippen molar-refractivity contribution in [2.75, 3.05) is 26.1 Å². The summed E-state index contributed by atoms with van der Waals surface area (Å²) in [5, 5.41) is 0.00715.